The number of nitrogens with zero attached hydrogens (tertiary/aromatic N) is 2. The maximum Gasteiger partial charge on any atom is 0.339 e. The van der Waals surface area contributed by atoms with Crippen LogP contribution in [0.4, 0.5) is 10.7 Å². The number of sulfonamides is 1. The van der Waals surface area contributed by atoms with Crippen LogP contribution in [0.2, 0.25) is 5.15 Å². The van der Waals surface area contributed by atoms with Crippen molar-refractivity contribution >= 4 is 53.1 Å². The Morgan fingerprint density at radius 3 is 2.38 bits per heavy atom. The highest BCUT2D eigenvalue weighted by molar-refractivity contribution is 7.90. The molecule has 0 aliphatic carbocycles. The van der Waals surface area contributed by atoms with E-state index in [-0.39, 0.29) is 29.2 Å². The smallest absolute Gasteiger partial charge is 0.339 e. The van der Waals surface area contributed by atoms with Crippen molar-refractivity contribution in [2.24, 2.45) is 0 Å². The van der Waals surface area contributed by atoms with Gasteiger partial charge in [0, 0.05) is 6.07 Å². The number of esters is 1. The molecule has 0 unspecified atom stereocenters. The van der Waals surface area contributed by atoms with Crippen molar-refractivity contribution in [1.29, 1.82) is 0 Å². The summed E-state index contributed by atoms with van der Waals surface area (Å²) in [4.78, 5) is 57.2. The van der Waals surface area contributed by atoms with Gasteiger partial charge in [-0.1, -0.05) is 23.7 Å². The van der Waals surface area contributed by atoms with Gasteiger partial charge < -0.3 is 24.4 Å². The van der Waals surface area contributed by atoms with Gasteiger partial charge in [-0.2, -0.15) is 4.98 Å². The maximum atomic E-state index is 12.5. The Morgan fingerprint density at radius 2 is 1.81 bits per heavy atom. The SMILES string of the molecule is CCOC(=O)c1ccccc1S(=O)(=O)NC(=O)Nc1nc(Cl)cc(OC)n1.O=C(O)CNCP(=O)(O)O. The van der Waals surface area contributed by atoms with Crippen LogP contribution in [0, 0.1) is 0 Å². The number of benzene rings is 1. The Kier molecular flexibility index (Phi) is 12.3. The molecule has 0 spiro atoms. The van der Waals surface area contributed by atoms with Crippen LogP contribution >= 0.6 is 19.2 Å². The number of urea groups is 1. The highest BCUT2D eigenvalue weighted by Crippen LogP contribution is 2.31. The molecule has 2 amide bonds. The molecule has 19 heteroatoms. The minimum absolute atomic E-state index is 0.0207. The monoisotopic (exact) mass is 583 g/mol. The fraction of sp³-hybridized carbons (Fsp3) is 0.278. The summed E-state index contributed by atoms with van der Waals surface area (Å²) in [5.74, 6) is -2.18. The number of halogens is 1. The molecule has 6 N–H and O–H groups in total. The van der Waals surface area contributed by atoms with E-state index in [0.29, 0.717) is 0 Å². The first-order chi connectivity index (χ1) is 17.2. The first-order valence-electron chi connectivity index (χ1n) is 9.84. The van der Waals surface area contributed by atoms with Crippen LogP contribution in [0.3, 0.4) is 0 Å². The quantitative estimate of drug-likeness (QED) is 0.128. The lowest BCUT2D eigenvalue weighted by molar-refractivity contribution is -0.135. The minimum Gasteiger partial charge on any atom is -0.481 e. The topological polar surface area (TPSA) is 243 Å². The largest absolute Gasteiger partial charge is 0.481 e. The molecule has 2 aromatic rings. The predicted octanol–water partition coefficient (Wildman–Crippen LogP) is 0.622. The zero-order valence-electron chi connectivity index (χ0n) is 19.2. The molecular formula is C18H23ClN5O11PS. The van der Waals surface area contributed by atoms with E-state index in [1.807, 2.05) is 0 Å². The molecule has 1 aromatic carbocycles. The van der Waals surface area contributed by atoms with E-state index in [0.717, 1.165) is 0 Å². The van der Waals surface area contributed by atoms with Crippen LogP contribution in [-0.2, 0) is 24.1 Å². The van der Waals surface area contributed by atoms with E-state index in [1.54, 1.807) is 11.6 Å². The molecule has 0 atom stereocenters. The third-order valence-corrected chi connectivity index (χ3v) is 5.82. The van der Waals surface area contributed by atoms with Crippen LogP contribution in [0.5, 0.6) is 5.88 Å². The predicted molar refractivity (Wildman–Crippen MR) is 128 cm³/mol. The van der Waals surface area contributed by atoms with Crippen molar-refractivity contribution in [3.8, 4) is 5.88 Å². The third-order valence-electron chi connectivity index (χ3n) is 3.60. The fourth-order valence-electron chi connectivity index (χ4n) is 2.25. The summed E-state index contributed by atoms with van der Waals surface area (Å²) in [6, 6.07) is 5.46. The van der Waals surface area contributed by atoms with Gasteiger partial charge in [0.2, 0.25) is 11.8 Å². The normalized spacial score (nSPS) is 10.9. The maximum absolute atomic E-state index is 12.5. The van der Waals surface area contributed by atoms with Gasteiger partial charge in [-0.05, 0) is 19.1 Å². The van der Waals surface area contributed by atoms with Crippen molar-refractivity contribution in [2.75, 3.05) is 31.9 Å². The molecule has 0 saturated heterocycles. The number of ether oxygens (including phenoxy) is 2. The molecule has 0 radical (unpaired) electrons. The number of carbonyl (C=O) groups excluding carboxylic acids is 2. The van der Waals surface area contributed by atoms with Gasteiger partial charge in [0.25, 0.3) is 10.0 Å². The first-order valence-corrected chi connectivity index (χ1v) is 13.5. The second kappa shape index (κ2) is 14.4. The van der Waals surface area contributed by atoms with E-state index in [9.17, 15) is 27.4 Å². The van der Waals surface area contributed by atoms with Gasteiger partial charge in [0.05, 0.1) is 32.1 Å². The number of methoxy groups -OCH3 is 1. The van der Waals surface area contributed by atoms with Crippen molar-refractivity contribution in [3.05, 3.63) is 41.0 Å². The van der Waals surface area contributed by atoms with Crippen molar-refractivity contribution in [2.45, 2.75) is 11.8 Å². The fourth-order valence-corrected chi connectivity index (χ4v) is 3.93. The number of hydrogen-bond acceptors (Lipinski definition) is 11. The molecular weight excluding hydrogens is 561 g/mol. The lowest BCUT2D eigenvalue weighted by Gasteiger charge is -2.11. The Labute approximate surface area is 215 Å². The van der Waals surface area contributed by atoms with Crippen LogP contribution in [0.15, 0.2) is 35.2 Å². The second-order valence-electron chi connectivity index (χ2n) is 6.48. The molecule has 1 aromatic heterocycles. The highest BCUT2D eigenvalue weighted by atomic mass is 35.5. The lowest BCUT2D eigenvalue weighted by atomic mass is 10.2. The number of anilines is 1. The van der Waals surface area contributed by atoms with E-state index in [4.69, 9.17) is 36.0 Å². The third kappa shape index (κ3) is 12.0. The van der Waals surface area contributed by atoms with Gasteiger partial charge in [-0.3, -0.25) is 20.0 Å². The zero-order chi connectivity index (χ0) is 28.2. The number of hydrogen-bond donors (Lipinski definition) is 6. The second-order valence-corrected chi connectivity index (χ2v) is 10.2. The van der Waals surface area contributed by atoms with Crippen molar-refractivity contribution in [1.82, 2.24) is 20.0 Å². The van der Waals surface area contributed by atoms with Gasteiger partial charge in [0.1, 0.15) is 10.0 Å². The number of aliphatic carboxylic acids is 1. The Balaban J connectivity index is 0.000000580. The molecule has 1 heterocycles. The first kappa shape index (κ1) is 31.7. The number of amides is 2. The molecule has 16 nitrogen and oxygen atoms in total. The molecule has 0 saturated carbocycles. The number of rotatable bonds is 10. The van der Waals surface area contributed by atoms with Crippen molar-refractivity contribution < 1.29 is 51.7 Å². The lowest BCUT2D eigenvalue weighted by Crippen LogP contribution is -2.35. The zero-order valence-corrected chi connectivity index (χ0v) is 21.7. The minimum atomic E-state index is -4.38. The average Bonchev–Trinajstić information content (AvgIpc) is 2.77. The van der Waals surface area contributed by atoms with Gasteiger partial charge >= 0.3 is 25.6 Å². The van der Waals surface area contributed by atoms with Crippen LogP contribution in [-0.4, -0.2) is 77.8 Å². The molecule has 0 fully saturated rings. The number of nitrogens with one attached hydrogen (secondary N) is 3. The molecule has 0 bridgehead atoms. The van der Waals surface area contributed by atoms with E-state index >= 15 is 0 Å². The summed E-state index contributed by atoms with van der Waals surface area (Å²) >= 11 is 5.75. The standard InChI is InChI=1S/C15H15ClN4O6S.C3H8NO5P/c1-3-26-13(21)9-6-4-5-7-10(9)27(23,24)20-15(22)19-14-17-11(16)8-12(18-14)25-2;5-3(6)1-4-2-10(7,8)9/h4-8H,3H2,1-2H3,(H2,17,18,19,20,22);4H,1-2H2,(H,5,6)(H2,7,8,9). The summed E-state index contributed by atoms with van der Waals surface area (Å²) in [6.45, 7) is 1.21. The summed E-state index contributed by atoms with van der Waals surface area (Å²) in [7, 11) is -7.15. The highest BCUT2D eigenvalue weighted by Gasteiger charge is 2.25. The van der Waals surface area contributed by atoms with E-state index < -0.39 is 53.3 Å². The Bertz CT molecular complexity index is 1270. The number of carbonyl (C=O) groups is 3. The summed E-state index contributed by atoms with van der Waals surface area (Å²) in [5.41, 5.74) is -0.208. The van der Waals surface area contributed by atoms with Gasteiger partial charge in [0.15, 0.2) is 0 Å². The van der Waals surface area contributed by atoms with Gasteiger partial charge in [-0.25, -0.2) is 27.7 Å². The molecule has 0 aliphatic rings. The number of carboxylic acids is 1. The average molecular weight is 584 g/mol. The van der Waals surface area contributed by atoms with Crippen LogP contribution in [0.25, 0.3) is 0 Å². The Hall–Kier alpha value is -3.34. The summed E-state index contributed by atoms with van der Waals surface area (Å²) < 4.78 is 46.5. The molecule has 0 aliphatic heterocycles. The molecule has 2 rings (SSSR count). The summed E-state index contributed by atoms with van der Waals surface area (Å²) in [6.07, 6.45) is -0.598. The van der Waals surface area contributed by atoms with Gasteiger partial charge in [-0.15, -0.1) is 0 Å². The number of carboxylic acid groups (broad SMARTS) is 1. The van der Waals surface area contributed by atoms with Crippen LogP contribution in [0.1, 0.15) is 17.3 Å². The Morgan fingerprint density at radius 1 is 1.16 bits per heavy atom. The number of aromatic nitrogens is 2. The molecule has 37 heavy (non-hydrogen) atoms. The van der Waals surface area contributed by atoms with Crippen LogP contribution < -0.4 is 20.1 Å². The van der Waals surface area contributed by atoms with E-state index in [2.05, 4.69) is 20.6 Å². The molecule has 204 valence electrons. The van der Waals surface area contributed by atoms with E-state index in [1.165, 1.54) is 37.4 Å². The summed E-state index contributed by atoms with van der Waals surface area (Å²) in [5, 5.41) is 12.2. The van der Waals surface area contributed by atoms with Crippen molar-refractivity contribution in [3.63, 3.8) is 0 Å².